The smallest absolute Gasteiger partial charge is 0.227 e. The van der Waals surface area contributed by atoms with E-state index in [0.29, 0.717) is 0 Å². The van der Waals surface area contributed by atoms with Crippen LogP contribution in [0.4, 0.5) is 0 Å². The van der Waals surface area contributed by atoms with Gasteiger partial charge in [0.1, 0.15) is 0 Å². The lowest BCUT2D eigenvalue weighted by Gasteiger charge is -2.55. The van der Waals surface area contributed by atoms with Crippen molar-refractivity contribution < 1.29 is 18.1 Å². The van der Waals surface area contributed by atoms with Crippen LogP contribution in [0, 0.1) is 0 Å². The minimum absolute atomic E-state index is 0.718. The number of hydrogen-bond acceptors (Lipinski definition) is 4. The summed E-state index contributed by atoms with van der Waals surface area (Å²) in [6.45, 7) is 2.28. The van der Waals surface area contributed by atoms with Crippen LogP contribution in [0.2, 0.25) is 0 Å². The molecule has 3 saturated heterocycles. The molecule has 0 aromatic rings. The molecule has 2 bridgehead atoms. The van der Waals surface area contributed by atoms with Crippen LogP contribution in [-0.2, 0) is 18.1 Å². The predicted octanol–water partition coefficient (Wildman–Crippen LogP) is 7.09. The molecule has 0 atom stereocenters. The summed E-state index contributed by atoms with van der Waals surface area (Å²) in [5, 5.41) is 0. The maximum Gasteiger partial charge on any atom is 0.488 e. The highest BCUT2D eigenvalue weighted by Crippen LogP contribution is 2.81. The second kappa shape index (κ2) is 10.2. The molecule has 0 spiro atoms. The van der Waals surface area contributed by atoms with Gasteiger partial charge in [0.05, 0.1) is 0 Å². The third-order valence-electron chi connectivity index (χ3n) is 4.84. The molecule has 3 aliphatic rings. The molecule has 0 radical (unpaired) electrons. The highest BCUT2D eigenvalue weighted by Gasteiger charge is 2.74. The van der Waals surface area contributed by atoms with E-state index >= 15 is 0 Å². The molecule has 136 valence electrons. The zero-order chi connectivity index (χ0) is 16.4. The lowest BCUT2D eigenvalue weighted by Crippen LogP contribution is -2.56. The van der Waals surface area contributed by atoms with Gasteiger partial charge in [-0.1, -0.05) is 96.8 Å². The quantitative estimate of drug-likeness (QED) is 0.221. The topological polar surface area (TPSA) is 44.8 Å². The van der Waals surface area contributed by atoms with Crippen LogP contribution in [0.3, 0.4) is 0 Å². The first-order valence-corrected chi connectivity index (χ1v) is 11.4. The highest BCUT2D eigenvalue weighted by molar-refractivity contribution is 7.51. The monoisotopic (exact) mass is 346 g/mol. The van der Waals surface area contributed by atoms with Crippen molar-refractivity contribution in [1.82, 2.24) is 0 Å². The molecule has 0 aromatic heterocycles. The number of phosphoric acid groups is 1. The molecule has 0 N–H and O–H groups in total. The summed E-state index contributed by atoms with van der Waals surface area (Å²) in [4.78, 5) is 0. The van der Waals surface area contributed by atoms with Crippen molar-refractivity contribution in [1.29, 1.82) is 0 Å². The molecule has 3 heterocycles. The van der Waals surface area contributed by atoms with E-state index in [1.54, 1.807) is 0 Å². The molecular weight excluding hydrogens is 311 g/mol. The molecule has 0 amide bonds. The van der Waals surface area contributed by atoms with Crippen LogP contribution < -0.4 is 0 Å². The Balaban J connectivity index is 1.22. The van der Waals surface area contributed by atoms with Crippen LogP contribution >= 0.6 is 7.82 Å². The van der Waals surface area contributed by atoms with E-state index < -0.39 is 13.8 Å². The van der Waals surface area contributed by atoms with E-state index in [1.807, 2.05) is 0 Å². The van der Waals surface area contributed by atoms with Crippen LogP contribution in [0.15, 0.2) is 0 Å². The predicted molar refractivity (Wildman–Crippen MR) is 93.1 cm³/mol. The van der Waals surface area contributed by atoms with Gasteiger partial charge < -0.3 is 0 Å². The van der Waals surface area contributed by atoms with E-state index in [-0.39, 0.29) is 0 Å². The molecule has 23 heavy (non-hydrogen) atoms. The van der Waals surface area contributed by atoms with Gasteiger partial charge in [0.2, 0.25) is 0 Å². The number of phosphoric ester groups is 1. The summed E-state index contributed by atoms with van der Waals surface area (Å²) < 4.78 is 26.1. The van der Waals surface area contributed by atoms with Crippen LogP contribution in [0.5, 0.6) is 0 Å². The summed E-state index contributed by atoms with van der Waals surface area (Å²) in [5.74, 6) is -0.897. The van der Waals surface area contributed by atoms with Gasteiger partial charge in [-0.05, 0) is 6.42 Å². The van der Waals surface area contributed by atoms with Crippen molar-refractivity contribution in [2.45, 2.75) is 116 Å². The van der Waals surface area contributed by atoms with Crippen LogP contribution in [0.25, 0.3) is 0 Å². The molecule has 3 fully saturated rings. The van der Waals surface area contributed by atoms with Gasteiger partial charge in [0, 0.05) is 6.42 Å². The van der Waals surface area contributed by atoms with Crippen molar-refractivity contribution in [3.63, 3.8) is 0 Å². The average molecular weight is 346 g/mol. The Labute approximate surface area is 142 Å². The Kier molecular flexibility index (Phi) is 8.60. The van der Waals surface area contributed by atoms with E-state index in [2.05, 4.69) is 6.92 Å². The van der Waals surface area contributed by atoms with E-state index in [9.17, 15) is 4.57 Å². The molecule has 0 saturated carbocycles. The minimum atomic E-state index is -2.98. The molecule has 0 aromatic carbocycles. The maximum absolute atomic E-state index is 11.0. The maximum atomic E-state index is 11.0. The summed E-state index contributed by atoms with van der Waals surface area (Å²) in [6.07, 6.45) is 21.0. The van der Waals surface area contributed by atoms with E-state index in [4.69, 9.17) is 13.6 Å². The highest BCUT2D eigenvalue weighted by atomic mass is 31.2. The Morgan fingerprint density at radius 1 is 0.609 bits per heavy atom. The van der Waals surface area contributed by atoms with Gasteiger partial charge in [-0.2, -0.15) is 0 Å². The van der Waals surface area contributed by atoms with Crippen molar-refractivity contribution in [2.75, 3.05) is 0 Å². The first kappa shape index (κ1) is 19.4. The third-order valence-corrected chi connectivity index (χ3v) is 6.34. The lowest BCUT2D eigenvalue weighted by atomic mass is 10.0. The average Bonchev–Trinajstić information content (AvgIpc) is 2.48. The van der Waals surface area contributed by atoms with Crippen LogP contribution in [0.1, 0.15) is 110 Å². The molecule has 4 nitrogen and oxygen atoms in total. The third kappa shape index (κ3) is 6.86. The standard InChI is InChI=1S/C18H35O4P/c1-2-3-4-5-6-7-8-9-10-11-12-13-14-15-16-17-18-20-23(19,21-18)22-18/h2-17H2,1H3. The number of rotatable bonds is 16. The summed E-state index contributed by atoms with van der Waals surface area (Å²) in [5.41, 5.74) is 0. The zero-order valence-corrected chi connectivity index (χ0v) is 15.8. The van der Waals surface area contributed by atoms with Crippen molar-refractivity contribution in [2.24, 2.45) is 0 Å². The van der Waals surface area contributed by atoms with Crippen molar-refractivity contribution in [3.8, 4) is 0 Å². The summed E-state index contributed by atoms with van der Waals surface area (Å²) in [6, 6.07) is 0. The first-order chi connectivity index (χ1) is 11.2. The Hall–Kier alpha value is 0.110. The SMILES string of the molecule is CCCCCCCCCCCCCCCCCC12OP(=O)(O1)O2. The Morgan fingerprint density at radius 3 is 1.30 bits per heavy atom. The first-order valence-electron chi connectivity index (χ1n) is 9.90. The summed E-state index contributed by atoms with van der Waals surface area (Å²) in [7, 11) is -2.98. The van der Waals surface area contributed by atoms with Crippen molar-refractivity contribution in [3.05, 3.63) is 0 Å². The molecule has 3 aliphatic heterocycles. The molecule has 0 aliphatic carbocycles. The van der Waals surface area contributed by atoms with E-state index in [1.165, 1.54) is 89.9 Å². The van der Waals surface area contributed by atoms with E-state index in [0.717, 1.165) is 12.8 Å². The van der Waals surface area contributed by atoms with Gasteiger partial charge in [0.25, 0.3) is 0 Å². The summed E-state index contributed by atoms with van der Waals surface area (Å²) >= 11 is 0. The molecular formula is C18H35O4P. The fraction of sp³-hybridized carbons (Fsp3) is 1.00. The lowest BCUT2D eigenvalue weighted by molar-refractivity contribution is -0.430. The second-order valence-electron chi connectivity index (χ2n) is 7.10. The molecule has 5 heteroatoms. The van der Waals surface area contributed by atoms with Gasteiger partial charge in [0.15, 0.2) is 0 Å². The number of unbranched alkanes of at least 4 members (excludes halogenated alkanes) is 14. The van der Waals surface area contributed by atoms with Crippen molar-refractivity contribution >= 4 is 7.82 Å². The van der Waals surface area contributed by atoms with Gasteiger partial charge in [-0.15, -0.1) is 0 Å². The normalized spacial score (nSPS) is 28.4. The van der Waals surface area contributed by atoms with Gasteiger partial charge >= 0.3 is 13.8 Å². The van der Waals surface area contributed by atoms with Crippen LogP contribution in [-0.4, -0.2) is 5.97 Å². The zero-order valence-electron chi connectivity index (χ0n) is 14.9. The molecule has 0 unspecified atom stereocenters. The minimum Gasteiger partial charge on any atom is -0.227 e. The largest absolute Gasteiger partial charge is 0.488 e. The fourth-order valence-corrected chi connectivity index (χ4v) is 4.72. The molecule has 3 rings (SSSR count). The fourth-order valence-electron chi connectivity index (χ4n) is 3.38. The Bertz CT molecular complexity index is 346. The van der Waals surface area contributed by atoms with Gasteiger partial charge in [-0.3, -0.25) is 0 Å². The number of hydrogen-bond donors (Lipinski definition) is 0. The Morgan fingerprint density at radius 2 is 0.957 bits per heavy atom. The van der Waals surface area contributed by atoms with Gasteiger partial charge in [-0.25, -0.2) is 18.1 Å². The second-order valence-corrected chi connectivity index (χ2v) is 8.55.